The van der Waals surface area contributed by atoms with E-state index < -0.39 is 0 Å². The molecule has 122 valence electrons. The van der Waals surface area contributed by atoms with Crippen LogP contribution in [0.15, 0.2) is 24.3 Å². The summed E-state index contributed by atoms with van der Waals surface area (Å²) >= 11 is 0. The van der Waals surface area contributed by atoms with Crippen molar-refractivity contribution in [1.29, 1.82) is 0 Å². The van der Waals surface area contributed by atoms with Gasteiger partial charge in [0.2, 0.25) is 0 Å². The molecule has 3 rings (SSSR count). The molecule has 0 aliphatic carbocycles. The smallest absolute Gasteiger partial charge is 0.255 e. The van der Waals surface area contributed by atoms with Crippen LogP contribution in [0.25, 0.3) is 10.9 Å². The summed E-state index contributed by atoms with van der Waals surface area (Å²) < 4.78 is 5.27. The Hall–Kier alpha value is -2.10. The molecule has 1 aliphatic heterocycles. The van der Waals surface area contributed by atoms with Gasteiger partial charge in [-0.05, 0) is 56.4 Å². The molecule has 4 nitrogen and oxygen atoms in total. The lowest BCUT2D eigenvalue weighted by molar-refractivity contribution is 0.0759. The summed E-state index contributed by atoms with van der Waals surface area (Å²) in [6.45, 7) is 5.87. The van der Waals surface area contributed by atoms with Gasteiger partial charge < -0.3 is 9.64 Å². The molecule has 1 unspecified atom stereocenters. The molecule has 0 bridgehead atoms. The Morgan fingerprint density at radius 2 is 2.09 bits per heavy atom. The van der Waals surface area contributed by atoms with E-state index in [9.17, 15) is 4.79 Å². The van der Waals surface area contributed by atoms with Crippen molar-refractivity contribution < 1.29 is 9.53 Å². The standard InChI is InChI=1S/C19H24N2O2/c1-13-5-4-9-21(10-8-13)19(22)17-12-15-11-16(23-3)6-7-18(15)20-14(17)2/h6-7,11-13H,4-5,8-10H2,1-3H3. The first-order valence-corrected chi connectivity index (χ1v) is 8.33. The lowest BCUT2D eigenvalue weighted by Crippen LogP contribution is -2.32. The Bertz CT molecular complexity index is 727. The highest BCUT2D eigenvalue weighted by atomic mass is 16.5. The average molecular weight is 312 g/mol. The number of methoxy groups -OCH3 is 1. The molecule has 0 spiro atoms. The first kappa shape index (κ1) is 15.8. The van der Waals surface area contributed by atoms with Crippen LogP contribution in [-0.4, -0.2) is 36.0 Å². The molecule has 0 radical (unpaired) electrons. The van der Waals surface area contributed by atoms with E-state index in [1.807, 2.05) is 36.1 Å². The van der Waals surface area contributed by atoms with Gasteiger partial charge in [-0.2, -0.15) is 0 Å². The van der Waals surface area contributed by atoms with Crippen molar-refractivity contribution in [1.82, 2.24) is 9.88 Å². The van der Waals surface area contributed by atoms with Gasteiger partial charge in [-0.3, -0.25) is 9.78 Å². The molecule has 0 N–H and O–H groups in total. The van der Waals surface area contributed by atoms with Gasteiger partial charge in [0.25, 0.3) is 5.91 Å². The molecule has 0 saturated carbocycles. The molecule has 1 saturated heterocycles. The van der Waals surface area contributed by atoms with Crippen molar-refractivity contribution in [2.75, 3.05) is 20.2 Å². The number of aryl methyl sites for hydroxylation is 1. The van der Waals surface area contributed by atoms with Crippen LogP contribution in [0.3, 0.4) is 0 Å². The van der Waals surface area contributed by atoms with Crippen LogP contribution in [0, 0.1) is 12.8 Å². The highest BCUT2D eigenvalue weighted by molar-refractivity contribution is 5.98. The van der Waals surface area contributed by atoms with E-state index in [-0.39, 0.29) is 5.91 Å². The number of benzene rings is 1. The van der Waals surface area contributed by atoms with Crippen molar-refractivity contribution in [3.8, 4) is 5.75 Å². The maximum atomic E-state index is 12.9. The molecular weight excluding hydrogens is 288 g/mol. The summed E-state index contributed by atoms with van der Waals surface area (Å²) in [5.41, 5.74) is 2.40. The first-order chi connectivity index (χ1) is 11.1. The number of hydrogen-bond donors (Lipinski definition) is 0. The zero-order chi connectivity index (χ0) is 16.4. The summed E-state index contributed by atoms with van der Waals surface area (Å²) in [5, 5.41) is 0.946. The van der Waals surface area contributed by atoms with Gasteiger partial charge in [0.05, 0.1) is 23.9 Å². The van der Waals surface area contributed by atoms with Crippen LogP contribution in [0.5, 0.6) is 5.75 Å². The van der Waals surface area contributed by atoms with Gasteiger partial charge in [-0.15, -0.1) is 0 Å². The number of aromatic nitrogens is 1. The molecule has 1 aliphatic rings. The van der Waals surface area contributed by atoms with Crippen LogP contribution in [-0.2, 0) is 0 Å². The van der Waals surface area contributed by atoms with Gasteiger partial charge in [-0.1, -0.05) is 6.92 Å². The first-order valence-electron chi connectivity index (χ1n) is 8.33. The van der Waals surface area contributed by atoms with Gasteiger partial charge >= 0.3 is 0 Å². The summed E-state index contributed by atoms with van der Waals surface area (Å²) in [7, 11) is 1.65. The van der Waals surface area contributed by atoms with Crippen molar-refractivity contribution in [2.24, 2.45) is 5.92 Å². The topological polar surface area (TPSA) is 42.4 Å². The number of rotatable bonds is 2. The summed E-state index contributed by atoms with van der Waals surface area (Å²) in [6.07, 6.45) is 3.37. The number of pyridine rings is 1. The molecule has 1 aromatic heterocycles. The van der Waals surface area contributed by atoms with Crippen LogP contribution >= 0.6 is 0 Å². The minimum atomic E-state index is 0.105. The Labute approximate surface area is 137 Å². The number of likely N-dealkylation sites (tertiary alicyclic amines) is 1. The fraction of sp³-hybridized carbons (Fsp3) is 0.474. The Morgan fingerprint density at radius 3 is 2.87 bits per heavy atom. The van der Waals surface area contributed by atoms with Crippen LogP contribution < -0.4 is 4.74 Å². The molecule has 23 heavy (non-hydrogen) atoms. The maximum Gasteiger partial charge on any atom is 0.255 e. The summed E-state index contributed by atoms with van der Waals surface area (Å²) in [4.78, 5) is 19.5. The molecule has 1 atom stereocenters. The third-order valence-corrected chi connectivity index (χ3v) is 4.75. The minimum absolute atomic E-state index is 0.105. The van der Waals surface area contributed by atoms with Crippen LogP contribution in [0.2, 0.25) is 0 Å². The van der Waals surface area contributed by atoms with Crippen molar-refractivity contribution in [3.05, 3.63) is 35.5 Å². The third kappa shape index (κ3) is 3.31. The molecule has 1 fully saturated rings. The largest absolute Gasteiger partial charge is 0.497 e. The van der Waals surface area contributed by atoms with Gasteiger partial charge in [0.1, 0.15) is 5.75 Å². The minimum Gasteiger partial charge on any atom is -0.497 e. The van der Waals surface area contributed by atoms with Crippen molar-refractivity contribution >= 4 is 16.8 Å². The van der Waals surface area contributed by atoms with Crippen molar-refractivity contribution in [2.45, 2.75) is 33.1 Å². The molecule has 2 aromatic rings. The highest BCUT2D eigenvalue weighted by Gasteiger charge is 2.22. The van der Waals surface area contributed by atoms with Crippen molar-refractivity contribution in [3.63, 3.8) is 0 Å². The second-order valence-electron chi connectivity index (χ2n) is 6.51. The summed E-state index contributed by atoms with van der Waals surface area (Å²) in [5.74, 6) is 1.59. The predicted octanol–water partition coefficient (Wildman–Crippen LogP) is 3.81. The number of hydrogen-bond acceptors (Lipinski definition) is 3. The quantitative estimate of drug-likeness (QED) is 0.846. The molecule has 1 aromatic carbocycles. The number of ether oxygens (including phenoxy) is 1. The molecular formula is C19H24N2O2. The lowest BCUT2D eigenvalue weighted by atomic mass is 10.0. The van der Waals surface area contributed by atoms with Crippen LogP contribution in [0.4, 0.5) is 0 Å². The maximum absolute atomic E-state index is 12.9. The highest BCUT2D eigenvalue weighted by Crippen LogP contribution is 2.24. The zero-order valence-corrected chi connectivity index (χ0v) is 14.1. The summed E-state index contributed by atoms with van der Waals surface area (Å²) in [6, 6.07) is 7.72. The van der Waals surface area contributed by atoms with E-state index in [0.717, 1.165) is 48.3 Å². The second kappa shape index (κ2) is 6.57. The predicted molar refractivity (Wildman–Crippen MR) is 92.0 cm³/mol. The molecule has 4 heteroatoms. The number of fused-ring (bicyclic) bond motifs is 1. The lowest BCUT2D eigenvalue weighted by Gasteiger charge is -2.21. The molecule has 2 heterocycles. The SMILES string of the molecule is COc1ccc2nc(C)c(C(=O)N3CCCC(C)CC3)cc2c1. The normalized spacial score (nSPS) is 18.7. The van der Waals surface area contributed by atoms with E-state index in [2.05, 4.69) is 11.9 Å². The van der Waals surface area contributed by atoms with E-state index in [0.29, 0.717) is 11.5 Å². The van der Waals surface area contributed by atoms with E-state index in [1.165, 1.54) is 6.42 Å². The second-order valence-corrected chi connectivity index (χ2v) is 6.51. The van der Waals surface area contributed by atoms with Gasteiger partial charge in [0, 0.05) is 18.5 Å². The number of amides is 1. The van der Waals surface area contributed by atoms with Gasteiger partial charge in [0.15, 0.2) is 0 Å². The number of nitrogens with zero attached hydrogens (tertiary/aromatic N) is 2. The monoisotopic (exact) mass is 312 g/mol. The third-order valence-electron chi connectivity index (χ3n) is 4.75. The Morgan fingerprint density at radius 1 is 1.26 bits per heavy atom. The fourth-order valence-corrected chi connectivity index (χ4v) is 3.23. The number of carbonyl (C=O) groups excluding carboxylic acids is 1. The Balaban J connectivity index is 1.94. The van der Waals surface area contributed by atoms with E-state index in [1.54, 1.807) is 7.11 Å². The van der Waals surface area contributed by atoms with Gasteiger partial charge in [-0.25, -0.2) is 0 Å². The van der Waals surface area contributed by atoms with E-state index in [4.69, 9.17) is 4.74 Å². The Kier molecular flexibility index (Phi) is 4.51. The zero-order valence-electron chi connectivity index (χ0n) is 14.1. The van der Waals surface area contributed by atoms with E-state index >= 15 is 0 Å². The van der Waals surface area contributed by atoms with Crippen LogP contribution in [0.1, 0.15) is 42.2 Å². The average Bonchev–Trinajstić information content (AvgIpc) is 2.78. The fourth-order valence-electron chi connectivity index (χ4n) is 3.23. The molecule has 1 amide bonds. The number of carbonyl (C=O) groups is 1.